The van der Waals surface area contributed by atoms with Crippen LogP contribution in [0, 0.1) is 5.92 Å². The van der Waals surface area contributed by atoms with Crippen molar-refractivity contribution in [3.8, 4) is 0 Å². The molecular weight excluding hydrogens is 232 g/mol. The molecule has 4 unspecified atom stereocenters. The summed E-state index contributed by atoms with van der Waals surface area (Å²) in [5, 5.41) is 18.8. The molecule has 0 spiro atoms. The van der Waals surface area contributed by atoms with Gasteiger partial charge in [0.15, 0.2) is 0 Å². The maximum Gasteiger partial charge on any atom is 0.128 e. The lowest BCUT2D eigenvalue weighted by Gasteiger charge is -2.22. The second-order valence-electron chi connectivity index (χ2n) is 4.42. The monoisotopic (exact) mass is 250 g/mol. The SMILES string of the molecule is CC(O)C(O)CC(C=O)C(C=O)c1ccccc1. The summed E-state index contributed by atoms with van der Waals surface area (Å²) in [6.45, 7) is 1.45. The normalized spacial score (nSPS) is 17.5. The highest BCUT2D eigenvalue weighted by Gasteiger charge is 2.26. The molecule has 4 atom stereocenters. The average Bonchev–Trinajstić information content (AvgIpc) is 2.39. The molecule has 0 saturated carbocycles. The highest BCUT2D eigenvalue weighted by Crippen LogP contribution is 2.25. The standard InChI is InChI=1S/C14H18O4/c1-10(17)14(18)7-12(8-15)13(9-16)11-5-3-2-4-6-11/h2-6,8-10,12-14,17-18H,7H2,1H3. The fraction of sp³-hybridized carbons (Fsp3) is 0.429. The van der Waals surface area contributed by atoms with Gasteiger partial charge in [-0.3, -0.25) is 0 Å². The predicted octanol–water partition coefficient (Wildman–Crippen LogP) is 0.916. The zero-order valence-corrected chi connectivity index (χ0v) is 10.3. The number of hydrogen-bond donors (Lipinski definition) is 2. The molecule has 4 heteroatoms. The molecule has 0 aromatic heterocycles. The first-order valence-corrected chi connectivity index (χ1v) is 5.91. The summed E-state index contributed by atoms with van der Waals surface area (Å²) in [6, 6.07) is 8.94. The third kappa shape index (κ3) is 3.75. The van der Waals surface area contributed by atoms with Gasteiger partial charge >= 0.3 is 0 Å². The van der Waals surface area contributed by atoms with E-state index >= 15 is 0 Å². The quantitative estimate of drug-likeness (QED) is 0.705. The molecule has 0 amide bonds. The lowest BCUT2D eigenvalue weighted by Crippen LogP contribution is -2.29. The van der Waals surface area contributed by atoms with Crippen molar-refractivity contribution in [2.24, 2.45) is 5.92 Å². The molecule has 0 aliphatic carbocycles. The van der Waals surface area contributed by atoms with Crippen molar-refractivity contribution in [3.63, 3.8) is 0 Å². The van der Waals surface area contributed by atoms with Crippen molar-refractivity contribution in [2.75, 3.05) is 0 Å². The van der Waals surface area contributed by atoms with Crippen molar-refractivity contribution in [2.45, 2.75) is 31.5 Å². The molecule has 0 aliphatic rings. The molecular formula is C14H18O4. The first-order valence-electron chi connectivity index (χ1n) is 5.91. The van der Waals surface area contributed by atoms with Crippen LogP contribution < -0.4 is 0 Å². The van der Waals surface area contributed by atoms with Crippen LogP contribution in [0.15, 0.2) is 30.3 Å². The molecule has 0 bridgehead atoms. The van der Waals surface area contributed by atoms with Crippen molar-refractivity contribution in [1.82, 2.24) is 0 Å². The van der Waals surface area contributed by atoms with Crippen LogP contribution in [0.25, 0.3) is 0 Å². The van der Waals surface area contributed by atoms with Crippen LogP contribution in [0.4, 0.5) is 0 Å². The van der Waals surface area contributed by atoms with E-state index in [4.69, 9.17) is 0 Å². The van der Waals surface area contributed by atoms with Gasteiger partial charge < -0.3 is 19.8 Å². The average molecular weight is 250 g/mol. The van der Waals surface area contributed by atoms with E-state index in [1.54, 1.807) is 24.3 Å². The third-order valence-electron chi connectivity index (χ3n) is 3.04. The number of benzene rings is 1. The van der Waals surface area contributed by atoms with Gasteiger partial charge in [-0.1, -0.05) is 30.3 Å². The van der Waals surface area contributed by atoms with Crippen LogP contribution >= 0.6 is 0 Å². The summed E-state index contributed by atoms with van der Waals surface area (Å²) in [5.41, 5.74) is 0.738. The molecule has 1 aromatic rings. The van der Waals surface area contributed by atoms with E-state index in [1.807, 2.05) is 6.07 Å². The fourth-order valence-electron chi connectivity index (χ4n) is 1.86. The van der Waals surface area contributed by atoms with Crippen LogP contribution in [0.2, 0.25) is 0 Å². The van der Waals surface area contributed by atoms with Gasteiger partial charge in [-0.2, -0.15) is 0 Å². The van der Waals surface area contributed by atoms with Gasteiger partial charge in [-0.05, 0) is 18.9 Å². The number of hydrogen-bond acceptors (Lipinski definition) is 4. The topological polar surface area (TPSA) is 74.6 Å². The summed E-state index contributed by atoms with van der Waals surface area (Å²) in [6.07, 6.45) is -0.484. The molecule has 1 aromatic carbocycles. The molecule has 98 valence electrons. The first kappa shape index (κ1) is 14.5. The Balaban J connectivity index is 2.85. The molecule has 0 fully saturated rings. The Morgan fingerprint density at radius 3 is 2.17 bits per heavy atom. The Kier molecular flexibility index (Phi) is 5.68. The maximum absolute atomic E-state index is 11.2. The zero-order chi connectivity index (χ0) is 13.5. The Morgan fingerprint density at radius 2 is 1.72 bits per heavy atom. The fourth-order valence-corrected chi connectivity index (χ4v) is 1.86. The van der Waals surface area contributed by atoms with Crippen LogP contribution in [0.5, 0.6) is 0 Å². The van der Waals surface area contributed by atoms with Gasteiger partial charge in [0.2, 0.25) is 0 Å². The number of aliphatic hydroxyl groups is 2. The van der Waals surface area contributed by atoms with Crippen LogP contribution in [0.1, 0.15) is 24.8 Å². The number of aldehydes is 2. The van der Waals surface area contributed by atoms with Gasteiger partial charge in [0.05, 0.1) is 12.2 Å². The number of carbonyl (C=O) groups is 2. The lowest BCUT2D eigenvalue weighted by atomic mass is 9.84. The molecule has 2 N–H and O–H groups in total. The second kappa shape index (κ2) is 7.03. The summed E-state index contributed by atoms with van der Waals surface area (Å²) in [5.74, 6) is -1.22. The minimum Gasteiger partial charge on any atom is -0.391 e. The molecule has 4 nitrogen and oxygen atoms in total. The van der Waals surface area contributed by atoms with E-state index in [9.17, 15) is 19.8 Å². The van der Waals surface area contributed by atoms with E-state index in [0.29, 0.717) is 12.6 Å². The van der Waals surface area contributed by atoms with Gasteiger partial charge in [-0.15, -0.1) is 0 Å². The van der Waals surface area contributed by atoms with Crippen molar-refractivity contribution in [1.29, 1.82) is 0 Å². The van der Waals surface area contributed by atoms with E-state index in [1.165, 1.54) is 6.92 Å². The minimum atomic E-state index is -1.01. The summed E-state index contributed by atoms with van der Waals surface area (Å²) >= 11 is 0. The Labute approximate surface area is 106 Å². The number of carbonyl (C=O) groups excluding carboxylic acids is 2. The minimum absolute atomic E-state index is 0.0689. The summed E-state index contributed by atoms with van der Waals surface area (Å²) in [7, 11) is 0. The van der Waals surface area contributed by atoms with E-state index in [2.05, 4.69) is 0 Å². The third-order valence-corrected chi connectivity index (χ3v) is 3.04. The summed E-state index contributed by atoms with van der Waals surface area (Å²) in [4.78, 5) is 22.2. The number of rotatable bonds is 7. The van der Waals surface area contributed by atoms with E-state index < -0.39 is 24.0 Å². The van der Waals surface area contributed by atoms with Crippen LogP contribution in [-0.4, -0.2) is 35.0 Å². The Hall–Kier alpha value is -1.52. The Bertz CT molecular complexity index is 375. The summed E-state index contributed by atoms with van der Waals surface area (Å²) < 4.78 is 0. The molecule has 0 heterocycles. The number of aliphatic hydroxyl groups excluding tert-OH is 2. The maximum atomic E-state index is 11.2. The van der Waals surface area contributed by atoms with Crippen molar-refractivity contribution in [3.05, 3.63) is 35.9 Å². The highest BCUT2D eigenvalue weighted by atomic mass is 16.3. The van der Waals surface area contributed by atoms with Crippen molar-refractivity contribution < 1.29 is 19.8 Å². The molecule has 0 aliphatic heterocycles. The first-order chi connectivity index (χ1) is 8.60. The van der Waals surface area contributed by atoms with Gasteiger partial charge in [-0.25, -0.2) is 0 Å². The largest absolute Gasteiger partial charge is 0.391 e. The Morgan fingerprint density at radius 1 is 1.11 bits per heavy atom. The molecule has 0 saturated heterocycles. The second-order valence-corrected chi connectivity index (χ2v) is 4.42. The molecule has 1 rings (SSSR count). The van der Waals surface area contributed by atoms with Gasteiger partial charge in [0.25, 0.3) is 0 Å². The van der Waals surface area contributed by atoms with Crippen molar-refractivity contribution >= 4 is 12.6 Å². The highest BCUT2D eigenvalue weighted by molar-refractivity contribution is 5.70. The van der Waals surface area contributed by atoms with Crippen LogP contribution in [0.3, 0.4) is 0 Å². The van der Waals surface area contributed by atoms with E-state index in [0.717, 1.165) is 5.56 Å². The van der Waals surface area contributed by atoms with Gasteiger partial charge in [0.1, 0.15) is 12.6 Å². The molecule has 18 heavy (non-hydrogen) atoms. The lowest BCUT2D eigenvalue weighted by molar-refractivity contribution is -0.118. The van der Waals surface area contributed by atoms with Gasteiger partial charge in [0, 0.05) is 11.8 Å². The predicted molar refractivity (Wildman–Crippen MR) is 67.1 cm³/mol. The smallest absolute Gasteiger partial charge is 0.128 e. The van der Waals surface area contributed by atoms with E-state index in [-0.39, 0.29) is 6.42 Å². The van der Waals surface area contributed by atoms with Crippen LogP contribution in [-0.2, 0) is 9.59 Å². The zero-order valence-electron chi connectivity index (χ0n) is 10.3. The molecule has 0 radical (unpaired) electrons.